The minimum atomic E-state index is -5.45. The molecule has 0 atom stereocenters. The number of rotatable bonds is 1. The summed E-state index contributed by atoms with van der Waals surface area (Å²) in [5.41, 5.74) is 6.23. The van der Waals surface area contributed by atoms with Gasteiger partial charge in [0.05, 0.1) is 5.69 Å². The lowest BCUT2D eigenvalue weighted by Gasteiger charge is -2.15. The molecule has 4 N–H and O–H groups in total. The highest BCUT2D eigenvalue weighted by Crippen LogP contribution is 2.40. The Bertz CT molecular complexity index is 797. The monoisotopic (exact) mass is 338 g/mol. The predicted octanol–water partition coefficient (Wildman–Crippen LogP) is 4.40. The summed E-state index contributed by atoms with van der Waals surface area (Å²) >= 11 is 0. The normalized spacial score (nSPS) is 11.8. The fourth-order valence-corrected chi connectivity index (χ4v) is 2.04. The molecule has 0 amide bonds. The lowest BCUT2D eigenvalue weighted by Crippen LogP contribution is -2.14. The van der Waals surface area contributed by atoms with E-state index in [9.17, 15) is 30.7 Å². The molecule has 2 aromatic rings. The summed E-state index contributed by atoms with van der Waals surface area (Å²) in [5, 5.41) is 0. The average Bonchev–Trinajstić information content (AvgIpc) is 2.43. The number of halogens is 7. The Kier molecular flexibility index (Phi) is 3.91. The molecule has 2 nitrogen and oxygen atoms in total. The molecule has 0 aliphatic heterocycles. The molecule has 124 valence electrons. The van der Waals surface area contributed by atoms with Crippen molar-refractivity contribution in [2.45, 2.75) is 13.1 Å². The number of anilines is 2. The van der Waals surface area contributed by atoms with E-state index < -0.39 is 51.8 Å². The van der Waals surface area contributed by atoms with E-state index in [1.807, 2.05) is 0 Å². The van der Waals surface area contributed by atoms with E-state index in [0.29, 0.717) is 0 Å². The first-order valence-electron chi connectivity index (χ1n) is 6.05. The Morgan fingerprint density at radius 1 is 0.826 bits per heavy atom. The maximum absolute atomic E-state index is 14.1. The van der Waals surface area contributed by atoms with Gasteiger partial charge in [0.15, 0.2) is 17.5 Å². The largest absolute Gasteiger partial charge is 0.422 e. The molecule has 0 unspecified atom stereocenters. The lowest BCUT2D eigenvalue weighted by molar-refractivity contribution is -0.142. The van der Waals surface area contributed by atoms with Crippen molar-refractivity contribution in [2.24, 2.45) is 0 Å². The standard InChI is InChI=1S/C14H9F7N2/c1-4-8(22)3-6(11(17)13(4)23)5-2-7(15)9(14(19,20)21)12(18)10(5)16/h2-3H,22-23H2,1H3. The van der Waals surface area contributed by atoms with E-state index >= 15 is 0 Å². The molecule has 0 radical (unpaired) electrons. The quantitative estimate of drug-likeness (QED) is 0.460. The molecule has 0 spiro atoms. The number of nitrogen functional groups attached to an aromatic ring is 2. The maximum atomic E-state index is 14.1. The zero-order valence-electron chi connectivity index (χ0n) is 11.5. The van der Waals surface area contributed by atoms with Gasteiger partial charge in [-0.3, -0.25) is 0 Å². The molecule has 0 heterocycles. The molecule has 0 bridgehead atoms. The fraction of sp³-hybridized carbons (Fsp3) is 0.143. The van der Waals surface area contributed by atoms with Gasteiger partial charge < -0.3 is 11.5 Å². The van der Waals surface area contributed by atoms with Crippen LogP contribution in [-0.2, 0) is 6.18 Å². The van der Waals surface area contributed by atoms with Crippen molar-refractivity contribution < 1.29 is 30.7 Å². The number of alkyl halides is 3. The van der Waals surface area contributed by atoms with Crippen LogP contribution in [0.1, 0.15) is 11.1 Å². The molecule has 0 saturated carbocycles. The molecular weight excluding hydrogens is 329 g/mol. The smallest absolute Gasteiger partial charge is 0.398 e. The predicted molar refractivity (Wildman–Crippen MR) is 70.3 cm³/mol. The second-order valence-electron chi connectivity index (χ2n) is 4.77. The molecule has 0 saturated heterocycles. The number of hydrogen-bond acceptors (Lipinski definition) is 2. The van der Waals surface area contributed by atoms with Crippen LogP contribution in [0.3, 0.4) is 0 Å². The summed E-state index contributed by atoms with van der Waals surface area (Å²) in [6, 6.07) is 0.888. The van der Waals surface area contributed by atoms with E-state index in [2.05, 4.69) is 0 Å². The number of hydrogen-bond donors (Lipinski definition) is 2. The highest BCUT2D eigenvalue weighted by Gasteiger charge is 2.40. The topological polar surface area (TPSA) is 52.0 Å². The van der Waals surface area contributed by atoms with E-state index in [-0.39, 0.29) is 17.3 Å². The minimum absolute atomic E-state index is 0.0495. The number of benzene rings is 2. The summed E-state index contributed by atoms with van der Waals surface area (Å²) in [4.78, 5) is 0. The first-order chi connectivity index (χ1) is 10.5. The van der Waals surface area contributed by atoms with Crippen LogP contribution in [0.2, 0.25) is 0 Å². The van der Waals surface area contributed by atoms with Crippen molar-refractivity contribution in [3.05, 3.63) is 46.5 Å². The van der Waals surface area contributed by atoms with Crippen LogP contribution < -0.4 is 11.5 Å². The Hall–Kier alpha value is -2.45. The first-order valence-corrected chi connectivity index (χ1v) is 6.05. The molecular formula is C14H9F7N2. The van der Waals surface area contributed by atoms with Crippen LogP contribution >= 0.6 is 0 Å². The van der Waals surface area contributed by atoms with Crippen LogP contribution in [0.5, 0.6) is 0 Å². The van der Waals surface area contributed by atoms with Gasteiger partial charge in [-0.25, -0.2) is 17.6 Å². The summed E-state index contributed by atoms with van der Waals surface area (Å²) in [6.07, 6.45) is -5.45. The van der Waals surface area contributed by atoms with Crippen LogP contribution in [-0.4, -0.2) is 0 Å². The Labute approximate surface area is 125 Å². The summed E-state index contributed by atoms with van der Waals surface area (Å²) in [6.45, 7) is 1.35. The van der Waals surface area contributed by atoms with E-state index in [1.165, 1.54) is 6.92 Å². The van der Waals surface area contributed by atoms with Gasteiger partial charge >= 0.3 is 6.18 Å². The van der Waals surface area contributed by atoms with Crippen molar-refractivity contribution in [2.75, 3.05) is 11.5 Å². The molecule has 0 aromatic heterocycles. The molecule has 0 fully saturated rings. The fourth-order valence-electron chi connectivity index (χ4n) is 2.04. The minimum Gasteiger partial charge on any atom is -0.398 e. The van der Waals surface area contributed by atoms with Crippen molar-refractivity contribution >= 4 is 11.4 Å². The molecule has 2 rings (SSSR count). The third-order valence-electron chi connectivity index (χ3n) is 3.34. The Morgan fingerprint density at radius 3 is 1.87 bits per heavy atom. The van der Waals surface area contributed by atoms with Gasteiger partial charge in [-0.1, -0.05) is 0 Å². The third-order valence-corrected chi connectivity index (χ3v) is 3.34. The maximum Gasteiger partial charge on any atom is 0.422 e. The van der Waals surface area contributed by atoms with Crippen molar-refractivity contribution in [1.82, 2.24) is 0 Å². The van der Waals surface area contributed by atoms with Crippen LogP contribution in [0, 0.1) is 30.2 Å². The zero-order valence-corrected chi connectivity index (χ0v) is 11.5. The summed E-state index contributed by atoms with van der Waals surface area (Å²) < 4.78 is 92.7. The highest BCUT2D eigenvalue weighted by atomic mass is 19.4. The third kappa shape index (κ3) is 2.66. The Balaban J connectivity index is 2.83. The van der Waals surface area contributed by atoms with Gasteiger partial charge in [-0.15, -0.1) is 0 Å². The first kappa shape index (κ1) is 16.9. The van der Waals surface area contributed by atoms with E-state index in [0.717, 1.165) is 6.07 Å². The van der Waals surface area contributed by atoms with E-state index in [1.54, 1.807) is 0 Å². The second kappa shape index (κ2) is 5.32. The SMILES string of the molecule is Cc1c(N)cc(-c2cc(F)c(C(F)(F)F)c(F)c2F)c(F)c1N. The molecule has 9 heteroatoms. The molecule has 23 heavy (non-hydrogen) atoms. The van der Waals surface area contributed by atoms with Crippen molar-refractivity contribution in [3.63, 3.8) is 0 Å². The van der Waals surface area contributed by atoms with Gasteiger partial charge in [0.2, 0.25) is 0 Å². The van der Waals surface area contributed by atoms with Crippen molar-refractivity contribution in [3.8, 4) is 11.1 Å². The van der Waals surface area contributed by atoms with Crippen LogP contribution in [0.4, 0.5) is 42.1 Å². The zero-order chi connectivity index (χ0) is 17.7. The second-order valence-corrected chi connectivity index (χ2v) is 4.77. The number of nitrogens with two attached hydrogens (primary N) is 2. The average molecular weight is 338 g/mol. The molecule has 2 aromatic carbocycles. The van der Waals surface area contributed by atoms with E-state index in [4.69, 9.17) is 11.5 Å². The highest BCUT2D eigenvalue weighted by molar-refractivity contribution is 5.77. The van der Waals surface area contributed by atoms with Gasteiger partial charge in [-0.2, -0.15) is 13.2 Å². The van der Waals surface area contributed by atoms with Gasteiger partial charge in [0.25, 0.3) is 0 Å². The van der Waals surface area contributed by atoms with Gasteiger partial charge in [-0.05, 0) is 24.6 Å². The summed E-state index contributed by atoms with van der Waals surface area (Å²) in [7, 11) is 0. The lowest BCUT2D eigenvalue weighted by atomic mass is 9.98. The molecule has 0 aliphatic rings. The molecule has 0 aliphatic carbocycles. The van der Waals surface area contributed by atoms with Gasteiger partial charge in [0.1, 0.15) is 11.4 Å². The summed E-state index contributed by atoms with van der Waals surface area (Å²) in [5.74, 6) is -7.84. The van der Waals surface area contributed by atoms with Crippen LogP contribution in [0.25, 0.3) is 11.1 Å². The Morgan fingerprint density at radius 2 is 1.35 bits per heavy atom. The van der Waals surface area contributed by atoms with Gasteiger partial charge in [0, 0.05) is 16.8 Å². The van der Waals surface area contributed by atoms with Crippen LogP contribution in [0.15, 0.2) is 12.1 Å². The van der Waals surface area contributed by atoms with Crippen molar-refractivity contribution in [1.29, 1.82) is 0 Å².